The van der Waals surface area contributed by atoms with Crippen molar-refractivity contribution in [3.63, 3.8) is 0 Å². The normalized spacial score (nSPS) is 10.9. The first-order valence-electron chi connectivity index (χ1n) is 11.3. The first kappa shape index (κ1) is 27.0. The molecule has 0 unspecified atom stereocenters. The quantitative estimate of drug-likeness (QED) is 0.119. The van der Waals surface area contributed by atoms with Gasteiger partial charge in [-0.05, 0) is 68.3 Å². The molecule has 0 saturated heterocycles. The Morgan fingerprint density at radius 1 is 1.06 bits per heavy atom. The van der Waals surface area contributed by atoms with E-state index in [1.807, 2.05) is 0 Å². The van der Waals surface area contributed by atoms with Crippen LogP contribution in [0.15, 0.2) is 66.8 Å². The second-order valence-corrected chi connectivity index (χ2v) is 7.73. The van der Waals surface area contributed by atoms with E-state index < -0.39 is 5.97 Å². The fraction of sp³-hybridized carbons (Fsp3) is 0.259. The second kappa shape index (κ2) is 13.5. The number of nitrogen functional groups attached to an aromatic ring is 1. The van der Waals surface area contributed by atoms with E-state index in [4.69, 9.17) is 20.6 Å². The van der Waals surface area contributed by atoms with Crippen LogP contribution in [0.4, 0.5) is 0 Å². The van der Waals surface area contributed by atoms with Crippen molar-refractivity contribution in [2.24, 2.45) is 5.73 Å². The highest BCUT2D eigenvalue weighted by atomic mass is 16.5. The molecule has 0 aliphatic rings. The van der Waals surface area contributed by atoms with E-state index in [1.54, 1.807) is 79.4 Å². The van der Waals surface area contributed by atoms with Crippen molar-refractivity contribution in [3.05, 3.63) is 83.4 Å². The first-order valence-corrected chi connectivity index (χ1v) is 11.3. The molecule has 0 aromatic heterocycles. The van der Waals surface area contributed by atoms with Crippen LogP contribution < -0.4 is 10.5 Å². The molecule has 8 heteroatoms. The number of rotatable bonds is 12. The van der Waals surface area contributed by atoms with Crippen LogP contribution in [-0.2, 0) is 14.3 Å². The first-order chi connectivity index (χ1) is 16.7. The second-order valence-electron chi connectivity index (χ2n) is 7.73. The number of nitrogens with one attached hydrogen (secondary N) is 1. The number of esters is 2. The van der Waals surface area contributed by atoms with Crippen LogP contribution in [0, 0.1) is 5.41 Å². The third kappa shape index (κ3) is 8.58. The van der Waals surface area contributed by atoms with Gasteiger partial charge in [0, 0.05) is 30.6 Å². The molecule has 1 amide bonds. The molecule has 8 nitrogen and oxygen atoms in total. The third-order valence-corrected chi connectivity index (χ3v) is 4.99. The van der Waals surface area contributed by atoms with Gasteiger partial charge in [0.15, 0.2) is 0 Å². The fourth-order valence-electron chi connectivity index (χ4n) is 3.22. The monoisotopic (exact) mass is 477 g/mol. The predicted molar refractivity (Wildman–Crippen MR) is 135 cm³/mol. The van der Waals surface area contributed by atoms with Crippen LogP contribution >= 0.6 is 0 Å². The maximum Gasteiger partial charge on any atom is 0.343 e. The molecule has 3 N–H and O–H groups in total. The van der Waals surface area contributed by atoms with Crippen molar-refractivity contribution in [2.75, 3.05) is 19.7 Å². The van der Waals surface area contributed by atoms with E-state index >= 15 is 0 Å². The van der Waals surface area contributed by atoms with Crippen LogP contribution in [0.5, 0.6) is 5.75 Å². The molecule has 0 atom stereocenters. The number of nitrogens with two attached hydrogens (primary N) is 1. The van der Waals surface area contributed by atoms with Gasteiger partial charge in [-0.15, -0.1) is 6.58 Å². The van der Waals surface area contributed by atoms with Gasteiger partial charge in [0.25, 0.3) is 0 Å². The van der Waals surface area contributed by atoms with Crippen molar-refractivity contribution in [1.82, 2.24) is 4.90 Å². The Morgan fingerprint density at radius 3 is 2.26 bits per heavy atom. The SMILES string of the molecule is C=CCN(CCCC(=O)OCC)C(=O)C(C)=Cc1ccc(C(=O)Oc2ccc(C(=N)N)cc2)cc1. The van der Waals surface area contributed by atoms with Crippen LogP contribution in [-0.4, -0.2) is 48.3 Å². The van der Waals surface area contributed by atoms with Crippen molar-refractivity contribution < 1.29 is 23.9 Å². The number of amidine groups is 1. The summed E-state index contributed by atoms with van der Waals surface area (Å²) >= 11 is 0. The molecule has 0 spiro atoms. The Balaban J connectivity index is 2.00. The van der Waals surface area contributed by atoms with Crippen molar-refractivity contribution in [1.29, 1.82) is 5.41 Å². The van der Waals surface area contributed by atoms with E-state index in [2.05, 4.69) is 6.58 Å². The summed E-state index contributed by atoms with van der Waals surface area (Å²) in [4.78, 5) is 38.5. The molecule has 2 rings (SSSR count). The molecule has 0 aliphatic heterocycles. The predicted octanol–water partition coefficient (Wildman–Crippen LogP) is 3.95. The van der Waals surface area contributed by atoms with Gasteiger partial charge < -0.3 is 20.1 Å². The molecule has 0 fully saturated rings. The average Bonchev–Trinajstić information content (AvgIpc) is 2.84. The minimum absolute atomic E-state index is 0.0652. The fourth-order valence-corrected chi connectivity index (χ4v) is 3.22. The highest BCUT2D eigenvalue weighted by Crippen LogP contribution is 2.16. The van der Waals surface area contributed by atoms with E-state index in [-0.39, 0.29) is 24.1 Å². The molecule has 0 saturated carbocycles. The maximum atomic E-state index is 12.9. The summed E-state index contributed by atoms with van der Waals surface area (Å²) in [5.74, 6) is -0.688. The zero-order valence-electron chi connectivity index (χ0n) is 20.1. The maximum absolute atomic E-state index is 12.9. The molecule has 0 heterocycles. The summed E-state index contributed by atoms with van der Waals surface area (Å²) in [6.07, 6.45) is 4.12. The summed E-state index contributed by atoms with van der Waals surface area (Å²) in [6.45, 7) is 8.29. The van der Waals surface area contributed by atoms with Crippen LogP contribution in [0.2, 0.25) is 0 Å². The Hall–Kier alpha value is -4.20. The zero-order valence-corrected chi connectivity index (χ0v) is 20.1. The van der Waals surface area contributed by atoms with Crippen LogP contribution in [0.3, 0.4) is 0 Å². The topological polar surface area (TPSA) is 123 Å². The van der Waals surface area contributed by atoms with E-state index in [1.165, 1.54) is 0 Å². The summed E-state index contributed by atoms with van der Waals surface area (Å²) in [6, 6.07) is 13.0. The van der Waals surface area contributed by atoms with Crippen LogP contribution in [0.25, 0.3) is 6.08 Å². The standard InChI is InChI=1S/C27H31N3O5/c1-4-16-30(17-6-7-24(31)34-5-2)26(32)19(3)18-20-8-10-22(11-9-20)27(33)35-23-14-12-21(13-15-23)25(28)29/h4,8-15,18H,1,5-7,16-17H2,2-3H3,(H3,28,29). The number of benzene rings is 2. The molecule has 35 heavy (non-hydrogen) atoms. The number of carbonyl (C=O) groups is 3. The lowest BCUT2D eigenvalue weighted by molar-refractivity contribution is -0.143. The van der Waals surface area contributed by atoms with Gasteiger partial charge in [-0.25, -0.2) is 4.79 Å². The van der Waals surface area contributed by atoms with Gasteiger partial charge in [0.1, 0.15) is 11.6 Å². The van der Waals surface area contributed by atoms with Gasteiger partial charge in [0.05, 0.1) is 12.2 Å². The van der Waals surface area contributed by atoms with E-state index in [9.17, 15) is 14.4 Å². The van der Waals surface area contributed by atoms with E-state index in [0.717, 1.165) is 5.56 Å². The number of nitrogens with zero attached hydrogens (tertiary/aromatic N) is 1. The number of ether oxygens (including phenoxy) is 2. The molecule has 0 aliphatic carbocycles. The minimum atomic E-state index is -0.525. The van der Waals surface area contributed by atoms with Gasteiger partial charge in [-0.1, -0.05) is 18.2 Å². The van der Waals surface area contributed by atoms with Crippen molar-refractivity contribution >= 4 is 29.8 Å². The van der Waals surface area contributed by atoms with Gasteiger partial charge in [0.2, 0.25) is 5.91 Å². The largest absolute Gasteiger partial charge is 0.466 e. The zero-order chi connectivity index (χ0) is 25.8. The van der Waals surface area contributed by atoms with Gasteiger partial charge in [-0.3, -0.25) is 15.0 Å². The Kier molecular flexibility index (Phi) is 10.4. The average molecular weight is 478 g/mol. The molecule has 2 aromatic rings. The Bertz CT molecular complexity index is 1090. The lowest BCUT2D eigenvalue weighted by Crippen LogP contribution is -2.33. The number of hydrogen-bond donors (Lipinski definition) is 2. The highest BCUT2D eigenvalue weighted by Gasteiger charge is 2.15. The molecule has 0 radical (unpaired) electrons. The molecular formula is C27H31N3O5. The summed E-state index contributed by atoms with van der Waals surface area (Å²) in [7, 11) is 0. The van der Waals surface area contributed by atoms with Crippen LogP contribution in [0.1, 0.15) is 48.2 Å². The number of amides is 1. The van der Waals surface area contributed by atoms with Crippen molar-refractivity contribution in [2.45, 2.75) is 26.7 Å². The molecule has 184 valence electrons. The van der Waals surface area contributed by atoms with Crippen molar-refractivity contribution in [3.8, 4) is 5.75 Å². The molecule has 0 bridgehead atoms. The summed E-state index contributed by atoms with van der Waals surface area (Å²) < 4.78 is 10.3. The van der Waals surface area contributed by atoms with Gasteiger partial charge >= 0.3 is 11.9 Å². The Morgan fingerprint density at radius 2 is 1.69 bits per heavy atom. The molecule has 2 aromatic carbocycles. The number of carbonyl (C=O) groups excluding carboxylic acids is 3. The van der Waals surface area contributed by atoms with Gasteiger partial charge in [-0.2, -0.15) is 0 Å². The summed E-state index contributed by atoms with van der Waals surface area (Å²) in [5.41, 5.74) is 7.59. The smallest absolute Gasteiger partial charge is 0.343 e. The highest BCUT2D eigenvalue weighted by molar-refractivity contribution is 5.98. The Labute approximate surface area is 205 Å². The van der Waals surface area contributed by atoms with E-state index in [0.29, 0.717) is 48.6 Å². The minimum Gasteiger partial charge on any atom is -0.466 e. The third-order valence-electron chi connectivity index (χ3n) is 4.99. The molecular weight excluding hydrogens is 446 g/mol. The number of hydrogen-bond acceptors (Lipinski definition) is 6. The lowest BCUT2D eigenvalue weighted by Gasteiger charge is -2.21. The summed E-state index contributed by atoms with van der Waals surface area (Å²) in [5, 5.41) is 7.40. The lowest BCUT2D eigenvalue weighted by atomic mass is 10.1.